The number of alkyl halides is 1. The third kappa shape index (κ3) is 4.45. The first kappa shape index (κ1) is 13.7. The molecule has 1 aromatic heterocycles. The molecule has 0 saturated carbocycles. The predicted molar refractivity (Wildman–Crippen MR) is 77.1 cm³/mol. The van der Waals surface area contributed by atoms with E-state index in [2.05, 4.69) is 17.4 Å². The molecule has 3 nitrogen and oxygen atoms in total. The summed E-state index contributed by atoms with van der Waals surface area (Å²) >= 11 is 5.71. The van der Waals surface area contributed by atoms with Gasteiger partial charge in [-0.25, -0.2) is 0 Å². The number of carbonyl (C=O) groups is 1. The van der Waals surface area contributed by atoms with Crippen molar-refractivity contribution in [1.82, 2.24) is 9.88 Å². The van der Waals surface area contributed by atoms with Crippen molar-refractivity contribution < 1.29 is 4.79 Å². The van der Waals surface area contributed by atoms with Crippen molar-refractivity contribution in [3.8, 4) is 0 Å². The summed E-state index contributed by atoms with van der Waals surface area (Å²) in [6, 6.07) is 12.0. The van der Waals surface area contributed by atoms with Crippen molar-refractivity contribution in [3.05, 3.63) is 59.9 Å². The van der Waals surface area contributed by atoms with Crippen LogP contribution in [0.5, 0.6) is 0 Å². The molecule has 1 heterocycles. The third-order valence-electron chi connectivity index (χ3n) is 2.87. The monoisotopic (exact) mass is 276 g/mol. The molecule has 1 aromatic carbocycles. The summed E-state index contributed by atoms with van der Waals surface area (Å²) in [5, 5.41) is 2.91. The quantitative estimate of drug-likeness (QED) is 0.809. The number of aromatic nitrogens is 1. The summed E-state index contributed by atoms with van der Waals surface area (Å²) in [7, 11) is 0. The van der Waals surface area contributed by atoms with Crippen LogP contribution >= 0.6 is 11.6 Å². The van der Waals surface area contributed by atoms with Crippen molar-refractivity contribution in [2.24, 2.45) is 0 Å². The molecule has 0 fully saturated rings. The van der Waals surface area contributed by atoms with E-state index in [9.17, 15) is 4.79 Å². The molecule has 0 bridgehead atoms. The molecule has 4 heteroatoms. The Bertz CT molecular complexity index is 522. The summed E-state index contributed by atoms with van der Waals surface area (Å²) < 4.78 is 1.84. The molecular formula is C15H17ClN2O. The van der Waals surface area contributed by atoms with E-state index in [0.29, 0.717) is 19.0 Å². The normalized spacial score (nSPS) is 10.4. The van der Waals surface area contributed by atoms with Crippen LogP contribution < -0.4 is 5.32 Å². The van der Waals surface area contributed by atoms with E-state index < -0.39 is 0 Å². The lowest BCUT2D eigenvalue weighted by Gasteiger charge is -2.06. The summed E-state index contributed by atoms with van der Waals surface area (Å²) in [6.07, 6.45) is 4.61. The molecule has 1 amide bonds. The summed E-state index contributed by atoms with van der Waals surface area (Å²) in [5.41, 5.74) is 2.26. The molecule has 100 valence electrons. The van der Waals surface area contributed by atoms with Gasteiger partial charge in [-0.1, -0.05) is 30.3 Å². The fourth-order valence-corrected chi connectivity index (χ4v) is 2.04. The van der Waals surface area contributed by atoms with Gasteiger partial charge in [0.15, 0.2) is 0 Å². The Balaban J connectivity index is 1.73. The Hall–Kier alpha value is -1.74. The van der Waals surface area contributed by atoms with E-state index in [-0.39, 0.29) is 5.91 Å². The number of nitrogens with one attached hydrogen (secondary N) is 1. The smallest absolute Gasteiger partial charge is 0.239 e. The second kappa shape index (κ2) is 7.00. The van der Waals surface area contributed by atoms with E-state index in [0.717, 1.165) is 12.0 Å². The number of hydrogen-bond acceptors (Lipinski definition) is 1. The standard InChI is InChI=1S/C15H17ClN2O/c16-10-14-7-9-18(11-14)12-15(19)17-8-6-13-4-2-1-3-5-13/h1-5,7,9,11H,6,8,10,12H2,(H,17,19). The molecule has 0 radical (unpaired) electrons. The molecule has 0 unspecified atom stereocenters. The van der Waals surface area contributed by atoms with Gasteiger partial charge in [0.25, 0.3) is 0 Å². The molecule has 2 rings (SSSR count). The Morgan fingerprint density at radius 2 is 1.95 bits per heavy atom. The zero-order valence-corrected chi connectivity index (χ0v) is 11.4. The van der Waals surface area contributed by atoms with E-state index >= 15 is 0 Å². The van der Waals surface area contributed by atoms with E-state index in [1.165, 1.54) is 5.56 Å². The lowest BCUT2D eigenvalue weighted by Crippen LogP contribution is -2.29. The van der Waals surface area contributed by atoms with Crippen LogP contribution in [-0.4, -0.2) is 17.0 Å². The summed E-state index contributed by atoms with van der Waals surface area (Å²) in [5.74, 6) is 0.496. The van der Waals surface area contributed by atoms with Gasteiger partial charge < -0.3 is 9.88 Å². The van der Waals surface area contributed by atoms with Crippen molar-refractivity contribution in [1.29, 1.82) is 0 Å². The van der Waals surface area contributed by atoms with Gasteiger partial charge in [-0.05, 0) is 23.6 Å². The molecule has 0 atom stereocenters. The zero-order valence-electron chi connectivity index (χ0n) is 10.7. The van der Waals surface area contributed by atoms with Gasteiger partial charge in [-0.15, -0.1) is 11.6 Å². The maximum absolute atomic E-state index is 11.7. The number of nitrogens with zero attached hydrogens (tertiary/aromatic N) is 1. The second-order valence-corrected chi connectivity index (χ2v) is 4.68. The van der Waals surface area contributed by atoms with Crippen molar-refractivity contribution in [2.75, 3.05) is 6.54 Å². The molecule has 2 aromatic rings. The van der Waals surface area contributed by atoms with Crippen LogP contribution in [0.3, 0.4) is 0 Å². The number of halogens is 1. The SMILES string of the molecule is O=C(Cn1ccc(CCl)c1)NCCc1ccccc1. The van der Waals surface area contributed by atoms with Crippen LogP contribution in [0.4, 0.5) is 0 Å². The van der Waals surface area contributed by atoms with Crippen LogP contribution in [0.1, 0.15) is 11.1 Å². The van der Waals surface area contributed by atoms with E-state index in [4.69, 9.17) is 11.6 Å². The minimum atomic E-state index is 0.0210. The highest BCUT2D eigenvalue weighted by molar-refractivity contribution is 6.17. The fraction of sp³-hybridized carbons (Fsp3) is 0.267. The molecule has 1 N–H and O–H groups in total. The number of amides is 1. The minimum absolute atomic E-state index is 0.0210. The van der Waals surface area contributed by atoms with Crippen LogP contribution in [-0.2, 0) is 23.6 Å². The van der Waals surface area contributed by atoms with Crippen LogP contribution in [0, 0.1) is 0 Å². The lowest BCUT2D eigenvalue weighted by atomic mass is 10.1. The predicted octanol–water partition coefficient (Wildman–Crippen LogP) is 2.59. The molecular weight excluding hydrogens is 260 g/mol. The van der Waals surface area contributed by atoms with Crippen molar-refractivity contribution in [2.45, 2.75) is 18.8 Å². The highest BCUT2D eigenvalue weighted by atomic mass is 35.5. The number of hydrogen-bond donors (Lipinski definition) is 1. The molecule has 0 saturated heterocycles. The molecule has 0 aliphatic rings. The first-order valence-electron chi connectivity index (χ1n) is 6.29. The zero-order chi connectivity index (χ0) is 13.5. The van der Waals surface area contributed by atoms with Gasteiger partial charge in [-0.2, -0.15) is 0 Å². The lowest BCUT2D eigenvalue weighted by molar-refractivity contribution is -0.121. The maximum atomic E-state index is 11.7. The van der Waals surface area contributed by atoms with Gasteiger partial charge in [-0.3, -0.25) is 4.79 Å². The summed E-state index contributed by atoms with van der Waals surface area (Å²) in [6.45, 7) is 0.998. The van der Waals surface area contributed by atoms with Gasteiger partial charge in [0, 0.05) is 24.8 Å². The second-order valence-electron chi connectivity index (χ2n) is 4.41. The molecule has 19 heavy (non-hydrogen) atoms. The van der Waals surface area contributed by atoms with Crippen LogP contribution in [0.2, 0.25) is 0 Å². The van der Waals surface area contributed by atoms with Gasteiger partial charge in [0.2, 0.25) is 5.91 Å². The molecule has 0 spiro atoms. The van der Waals surface area contributed by atoms with E-state index in [1.54, 1.807) is 0 Å². The Morgan fingerprint density at radius 3 is 2.63 bits per heavy atom. The fourth-order valence-electron chi connectivity index (χ4n) is 1.88. The minimum Gasteiger partial charge on any atom is -0.354 e. The maximum Gasteiger partial charge on any atom is 0.239 e. The van der Waals surface area contributed by atoms with Crippen molar-refractivity contribution in [3.63, 3.8) is 0 Å². The van der Waals surface area contributed by atoms with Gasteiger partial charge in [0.1, 0.15) is 6.54 Å². The topological polar surface area (TPSA) is 34.0 Å². The van der Waals surface area contributed by atoms with Gasteiger partial charge in [0.05, 0.1) is 0 Å². The first-order valence-corrected chi connectivity index (χ1v) is 6.82. The largest absolute Gasteiger partial charge is 0.354 e. The average molecular weight is 277 g/mol. The summed E-state index contributed by atoms with van der Waals surface area (Å²) in [4.78, 5) is 11.7. The Labute approximate surface area is 118 Å². The number of rotatable bonds is 6. The molecule has 0 aliphatic heterocycles. The number of carbonyl (C=O) groups excluding carboxylic acids is 1. The average Bonchev–Trinajstić information content (AvgIpc) is 2.87. The Morgan fingerprint density at radius 1 is 1.16 bits per heavy atom. The Kier molecular flexibility index (Phi) is 5.04. The molecule has 0 aliphatic carbocycles. The first-order chi connectivity index (χ1) is 9.28. The van der Waals surface area contributed by atoms with Gasteiger partial charge >= 0.3 is 0 Å². The van der Waals surface area contributed by atoms with Crippen LogP contribution in [0.25, 0.3) is 0 Å². The van der Waals surface area contributed by atoms with E-state index in [1.807, 2.05) is 41.2 Å². The highest BCUT2D eigenvalue weighted by Gasteiger charge is 2.03. The van der Waals surface area contributed by atoms with Crippen molar-refractivity contribution >= 4 is 17.5 Å². The van der Waals surface area contributed by atoms with Crippen LogP contribution in [0.15, 0.2) is 48.8 Å². The number of benzene rings is 1. The highest BCUT2D eigenvalue weighted by Crippen LogP contribution is 2.04. The third-order valence-corrected chi connectivity index (χ3v) is 3.18.